The first-order valence-corrected chi connectivity index (χ1v) is 3.37. The molecule has 2 rings (SSSR count). The highest BCUT2D eigenvalue weighted by Gasteiger charge is 2.18. The summed E-state index contributed by atoms with van der Waals surface area (Å²) < 4.78 is 25.0. The van der Waals surface area contributed by atoms with Crippen LogP contribution in [-0.2, 0) is 0 Å². The van der Waals surface area contributed by atoms with Gasteiger partial charge < -0.3 is 4.84 Å². The molecule has 0 unspecified atom stereocenters. The lowest BCUT2D eigenvalue weighted by atomic mass is 10.2. The minimum atomic E-state index is -1.05. The van der Waals surface area contributed by atoms with Gasteiger partial charge in [0.1, 0.15) is 0 Å². The summed E-state index contributed by atoms with van der Waals surface area (Å²) in [6.45, 7) is 0. The molecule has 1 aromatic carbocycles. The molecule has 62 valence electrons. The monoisotopic (exact) mass is 169 g/mol. The summed E-state index contributed by atoms with van der Waals surface area (Å²) >= 11 is 0. The molecule has 0 saturated carbocycles. The van der Waals surface area contributed by atoms with Gasteiger partial charge in [0.25, 0.3) is 5.95 Å². The molecular weight excluding hydrogens is 164 g/mol. The summed E-state index contributed by atoms with van der Waals surface area (Å²) in [6.07, 6.45) is 1.07. The zero-order valence-corrected chi connectivity index (χ0v) is 6.00. The van der Waals surface area contributed by atoms with E-state index < -0.39 is 11.2 Å². The van der Waals surface area contributed by atoms with Crippen molar-refractivity contribution in [3.05, 3.63) is 35.8 Å². The highest BCUT2D eigenvalue weighted by Crippen LogP contribution is 2.28. The largest absolute Gasteiger partial charge is 0.347 e. The summed E-state index contributed by atoms with van der Waals surface area (Å²) in [5.74, 6) is -0.741. The van der Waals surface area contributed by atoms with Gasteiger partial charge in [-0.3, -0.25) is 0 Å². The van der Waals surface area contributed by atoms with E-state index in [4.69, 9.17) is 0 Å². The third kappa shape index (κ3) is 1.01. The van der Waals surface area contributed by atoms with Crippen LogP contribution in [-0.4, -0.2) is 5.29 Å². The first-order chi connectivity index (χ1) is 5.77. The van der Waals surface area contributed by atoms with Crippen molar-refractivity contribution in [1.29, 1.82) is 0 Å². The number of halogens is 2. The molecule has 0 aliphatic carbocycles. The van der Waals surface area contributed by atoms with Crippen LogP contribution in [0.3, 0.4) is 0 Å². The second-order valence-corrected chi connectivity index (χ2v) is 2.34. The van der Waals surface area contributed by atoms with E-state index in [1.165, 1.54) is 0 Å². The van der Waals surface area contributed by atoms with Crippen molar-refractivity contribution in [2.75, 3.05) is 0 Å². The first-order valence-electron chi connectivity index (χ1n) is 3.37. The summed E-state index contributed by atoms with van der Waals surface area (Å²) in [7, 11) is 0. The lowest BCUT2D eigenvalue weighted by Gasteiger charge is -2.17. The van der Waals surface area contributed by atoms with Gasteiger partial charge in [-0.15, -0.1) is 0 Å². The Balaban J connectivity index is 2.49. The van der Waals surface area contributed by atoms with E-state index >= 15 is 0 Å². The number of hydrogen-bond donors (Lipinski definition) is 0. The Kier molecular flexibility index (Phi) is 1.46. The molecule has 0 bridgehead atoms. The quantitative estimate of drug-likeness (QED) is 0.437. The number of nitrogens with zero attached hydrogens (tertiary/aromatic N) is 1. The van der Waals surface area contributed by atoms with Gasteiger partial charge in [-0.05, 0) is 11.4 Å². The Morgan fingerprint density at radius 3 is 2.83 bits per heavy atom. The van der Waals surface area contributed by atoms with Crippen LogP contribution in [0.1, 0.15) is 5.56 Å². The van der Waals surface area contributed by atoms with E-state index in [1.54, 1.807) is 24.3 Å². The van der Waals surface area contributed by atoms with Gasteiger partial charge in [0.15, 0.2) is 5.75 Å². The highest BCUT2D eigenvalue weighted by atomic mass is 19.2. The van der Waals surface area contributed by atoms with E-state index in [-0.39, 0.29) is 0 Å². The fourth-order valence-electron chi connectivity index (χ4n) is 0.992. The maximum Gasteiger partial charge on any atom is 0.259 e. The summed E-state index contributed by atoms with van der Waals surface area (Å²) in [4.78, 5) is 4.47. The van der Waals surface area contributed by atoms with Crippen LogP contribution in [0.5, 0.6) is 5.75 Å². The summed E-state index contributed by atoms with van der Waals surface area (Å²) in [6, 6.07) is 6.61. The smallest absolute Gasteiger partial charge is 0.259 e. The SMILES string of the molecule is FC1=Cc2ccccc2ON1F. The average Bonchev–Trinajstić information content (AvgIpc) is 2.07. The van der Waals surface area contributed by atoms with E-state index in [0.29, 0.717) is 11.3 Å². The van der Waals surface area contributed by atoms with E-state index in [2.05, 4.69) is 4.84 Å². The van der Waals surface area contributed by atoms with Crippen molar-refractivity contribution in [3.63, 3.8) is 0 Å². The van der Waals surface area contributed by atoms with Gasteiger partial charge in [-0.2, -0.15) is 4.39 Å². The Hall–Kier alpha value is -1.58. The van der Waals surface area contributed by atoms with Crippen molar-refractivity contribution in [2.24, 2.45) is 0 Å². The predicted octanol–water partition coefficient (Wildman–Crippen LogP) is 2.45. The van der Waals surface area contributed by atoms with Crippen LogP contribution in [0.2, 0.25) is 0 Å². The molecule has 1 aliphatic heterocycles. The highest BCUT2D eigenvalue weighted by molar-refractivity contribution is 5.59. The number of hydrogen-bond acceptors (Lipinski definition) is 2. The Labute approximate surface area is 67.6 Å². The van der Waals surface area contributed by atoms with Crippen molar-refractivity contribution in [2.45, 2.75) is 0 Å². The lowest BCUT2D eigenvalue weighted by molar-refractivity contribution is -0.195. The second kappa shape index (κ2) is 2.48. The van der Waals surface area contributed by atoms with Crippen LogP contribution >= 0.6 is 0 Å². The molecule has 0 radical (unpaired) electrons. The van der Waals surface area contributed by atoms with Gasteiger partial charge in [-0.1, -0.05) is 22.7 Å². The topological polar surface area (TPSA) is 12.5 Å². The lowest BCUT2D eigenvalue weighted by Crippen LogP contribution is -2.18. The molecule has 4 heteroatoms. The molecule has 0 amide bonds. The van der Waals surface area contributed by atoms with E-state index in [1.807, 2.05) is 0 Å². The van der Waals surface area contributed by atoms with Crippen LogP contribution in [0.15, 0.2) is 30.2 Å². The number of rotatable bonds is 0. The van der Waals surface area contributed by atoms with Gasteiger partial charge in [-0.25, -0.2) is 0 Å². The fourth-order valence-corrected chi connectivity index (χ4v) is 0.992. The molecular formula is C8H5F2NO. The van der Waals surface area contributed by atoms with Crippen LogP contribution in [0.25, 0.3) is 6.08 Å². The van der Waals surface area contributed by atoms with Crippen LogP contribution in [0, 0.1) is 0 Å². The third-order valence-corrected chi connectivity index (χ3v) is 1.54. The molecule has 0 spiro atoms. The second-order valence-electron chi connectivity index (χ2n) is 2.34. The van der Waals surface area contributed by atoms with Crippen LogP contribution < -0.4 is 4.84 Å². The summed E-state index contributed by atoms with van der Waals surface area (Å²) in [5, 5.41) is -0.400. The van der Waals surface area contributed by atoms with Gasteiger partial charge >= 0.3 is 0 Å². The molecule has 2 nitrogen and oxygen atoms in total. The Morgan fingerprint density at radius 2 is 2.00 bits per heavy atom. The minimum Gasteiger partial charge on any atom is -0.347 e. The number of fused-ring (bicyclic) bond motifs is 1. The molecule has 0 fully saturated rings. The van der Waals surface area contributed by atoms with Crippen molar-refractivity contribution < 1.29 is 13.7 Å². The Bertz CT molecular complexity index is 338. The first kappa shape index (κ1) is 7.09. The molecule has 0 saturated heterocycles. The van der Waals surface area contributed by atoms with E-state index in [0.717, 1.165) is 6.08 Å². The van der Waals surface area contributed by atoms with E-state index in [9.17, 15) is 8.87 Å². The maximum absolute atomic E-state index is 12.5. The van der Waals surface area contributed by atoms with Crippen LogP contribution in [0.4, 0.5) is 8.87 Å². The standard InChI is InChI=1S/C8H5F2NO/c9-8-5-6-3-1-2-4-7(6)12-11(8)10/h1-5H. The maximum atomic E-state index is 12.5. The molecule has 0 N–H and O–H groups in total. The fraction of sp³-hybridized carbons (Fsp3) is 0. The average molecular weight is 169 g/mol. The van der Waals surface area contributed by atoms with Crippen molar-refractivity contribution in [3.8, 4) is 5.75 Å². The number of hydroxylamine groups is 1. The molecule has 0 atom stereocenters. The van der Waals surface area contributed by atoms with Gasteiger partial charge in [0, 0.05) is 11.6 Å². The summed E-state index contributed by atoms with van der Waals surface area (Å²) in [5.41, 5.74) is 0.531. The predicted molar refractivity (Wildman–Crippen MR) is 39.1 cm³/mol. The number of para-hydroxylation sites is 1. The zero-order chi connectivity index (χ0) is 8.55. The zero-order valence-electron chi connectivity index (χ0n) is 6.00. The normalized spacial score (nSPS) is 14.8. The minimum absolute atomic E-state index is 0.307. The van der Waals surface area contributed by atoms with Gasteiger partial charge in [0.2, 0.25) is 0 Å². The number of benzene rings is 1. The Morgan fingerprint density at radius 1 is 1.25 bits per heavy atom. The van der Waals surface area contributed by atoms with Crippen molar-refractivity contribution in [1.82, 2.24) is 5.29 Å². The molecule has 1 aliphatic rings. The van der Waals surface area contributed by atoms with Crippen molar-refractivity contribution >= 4 is 6.08 Å². The molecule has 1 heterocycles. The molecule has 0 aromatic heterocycles. The molecule has 12 heavy (non-hydrogen) atoms. The third-order valence-electron chi connectivity index (χ3n) is 1.54. The molecule has 1 aromatic rings. The van der Waals surface area contributed by atoms with Gasteiger partial charge in [0.05, 0.1) is 0 Å².